The van der Waals surface area contributed by atoms with Gasteiger partial charge in [-0.1, -0.05) is 35.0 Å². The normalized spacial score (nSPS) is 12.3. The Balaban J connectivity index is 2.70. The van der Waals surface area contributed by atoms with Gasteiger partial charge in [-0.05, 0) is 24.6 Å². The van der Waals surface area contributed by atoms with Crippen molar-refractivity contribution in [3.63, 3.8) is 0 Å². The smallest absolute Gasteiger partial charge is 0.193 e. The van der Waals surface area contributed by atoms with Crippen molar-refractivity contribution < 1.29 is 8.42 Å². The van der Waals surface area contributed by atoms with Gasteiger partial charge in [0.25, 0.3) is 0 Å². The zero-order valence-corrected chi connectivity index (χ0v) is 15.7. The van der Waals surface area contributed by atoms with Crippen molar-refractivity contribution in [3.8, 4) is 0 Å². The third kappa shape index (κ3) is 6.79. The summed E-state index contributed by atoms with van der Waals surface area (Å²) in [5.41, 5.74) is 1.16. The largest absolute Gasteiger partial charge is 0.357 e. The highest BCUT2D eigenvalue weighted by Gasteiger charge is 2.09. The predicted molar refractivity (Wildman–Crippen MR) is 95.9 cm³/mol. The van der Waals surface area contributed by atoms with Crippen molar-refractivity contribution in [2.45, 2.75) is 20.4 Å². The summed E-state index contributed by atoms with van der Waals surface area (Å²) in [6.07, 6.45) is 0. The molecule has 0 amide bonds. The number of rotatable bonds is 7. The third-order valence-corrected chi connectivity index (χ3v) is 5.35. The lowest BCUT2D eigenvalue weighted by Gasteiger charge is -2.22. The highest BCUT2D eigenvalue weighted by Crippen LogP contribution is 2.11. The second kappa shape index (κ2) is 9.15. The Morgan fingerprint density at radius 3 is 2.45 bits per heavy atom. The van der Waals surface area contributed by atoms with Gasteiger partial charge in [-0.3, -0.25) is 4.99 Å². The summed E-state index contributed by atoms with van der Waals surface area (Å²) >= 11 is 3.42. The Hall–Kier alpha value is -1.08. The minimum atomic E-state index is -2.98. The second-order valence-electron chi connectivity index (χ2n) is 4.95. The summed E-state index contributed by atoms with van der Waals surface area (Å²) in [6.45, 7) is 5.38. The van der Waals surface area contributed by atoms with Gasteiger partial charge in [0.15, 0.2) is 15.8 Å². The van der Waals surface area contributed by atoms with Gasteiger partial charge in [-0.25, -0.2) is 8.42 Å². The lowest BCUT2D eigenvalue weighted by atomic mass is 10.2. The van der Waals surface area contributed by atoms with Crippen LogP contribution in [0.1, 0.15) is 19.4 Å². The van der Waals surface area contributed by atoms with E-state index in [1.165, 1.54) is 0 Å². The summed E-state index contributed by atoms with van der Waals surface area (Å²) in [5, 5.41) is 3.19. The first-order valence-corrected chi connectivity index (χ1v) is 9.93. The minimum absolute atomic E-state index is 0.0878. The van der Waals surface area contributed by atoms with E-state index >= 15 is 0 Å². The zero-order valence-electron chi connectivity index (χ0n) is 13.3. The van der Waals surface area contributed by atoms with E-state index in [0.29, 0.717) is 6.54 Å². The lowest BCUT2D eigenvalue weighted by Crippen LogP contribution is -2.38. The fraction of sp³-hybridized carbons (Fsp3) is 0.533. The van der Waals surface area contributed by atoms with Crippen LogP contribution in [0.5, 0.6) is 0 Å². The zero-order chi connectivity index (χ0) is 16.6. The first-order valence-electron chi connectivity index (χ1n) is 7.32. The maximum absolute atomic E-state index is 11.5. The molecule has 0 aliphatic carbocycles. The van der Waals surface area contributed by atoms with Gasteiger partial charge in [0.1, 0.15) is 0 Å². The van der Waals surface area contributed by atoms with Gasteiger partial charge >= 0.3 is 0 Å². The molecule has 1 aromatic rings. The summed E-state index contributed by atoms with van der Waals surface area (Å²) < 4.78 is 24.1. The molecule has 1 rings (SSSR count). The molecular formula is C15H24BrN3O2S. The van der Waals surface area contributed by atoms with Crippen LogP contribution in [0.4, 0.5) is 0 Å². The van der Waals surface area contributed by atoms with Gasteiger partial charge in [-0.2, -0.15) is 0 Å². The van der Waals surface area contributed by atoms with Crippen molar-refractivity contribution in [3.05, 3.63) is 34.3 Å². The Kier molecular flexibility index (Phi) is 7.89. The third-order valence-electron chi connectivity index (χ3n) is 3.13. The van der Waals surface area contributed by atoms with Gasteiger partial charge in [-0.15, -0.1) is 0 Å². The van der Waals surface area contributed by atoms with Crippen LogP contribution in [-0.2, 0) is 16.4 Å². The standard InChI is InChI=1S/C15H24BrN3O2S/c1-4-17-15(18-10-11-22(20,21)5-2)19(3)12-13-6-8-14(16)9-7-13/h6-9H,4-5,10-12H2,1-3H3,(H,17,18). The summed E-state index contributed by atoms with van der Waals surface area (Å²) in [4.78, 5) is 6.39. The van der Waals surface area contributed by atoms with Crippen LogP contribution in [0.3, 0.4) is 0 Å². The molecule has 0 bridgehead atoms. The molecule has 0 spiro atoms. The first-order chi connectivity index (χ1) is 10.4. The molecule has 0 fully saturated rings. The summed E-state index contributed by atoms with van der Waals surface area (Å²) in [6, 6.07) is 8.10. The number of nitrogens with one attached hydrogen (secondary N) is 1. The summed E-state index contributed by atoms with van der Waals surface area (Å²) in [5.74, 6) is 0.968. The SMILES string of the molecule is CCNC(=NCCS(=O)(=O)CC)N(C)Cc1ccc(Br)cc1. The number of hydrogen-bond donors (Lipinski definition) is 1. The Labute approximate surface area is 141 Å². The highest BCUT2D eigenvalue weighted by molar-refractivity contribution is 9.10. The van der Waals surface area contributed by atoms with Crippen LogP contribution < -0.4 is 5.32 Å². The number of guanidine groups is 1. The van der Waals surface area contributed by atoms with Crippen molar-refractivity contribution in [2.75, 3.05) is 31.6 Å². The molecule has 7 heteroatoms. The van der Waals surface area contributed by atoms with Gasteiger partial charge in [0.05, 0.1) is 12.3 Å². The van der Waals surface area contributed by atoms with Crippen LogP contribution in [0, 0.1) is 0 Å². The minimum Gasteiger partial charge on any atom is -0.357 e. The van der Waals surface area contributed by atoms with E-state index in [2.05, 4.69) is 26.2 Å². The number of halogens is 1. The average Bonchev–Trinajstić information content (AvgIpc) is 2.48. The van der Waals surface area contributed by atoms with Crippen molar-refractivity contribution in [1.82, 2.24) is 10.2 Å². The first kappa shape index (κ1) is 19.0. The van der Waals surface area contributed by atoms with Crippen LogP contribution in [0.15, 0.2) is 33.7 Å². The van der Waals surface area contributed by atoms with E-state index in [1.807, 2.05) is 43.1 Å². The molecule has 0 atom stereocenters. The van der Waals surface area contributed by atoms with E-state index < -0.39 is 9.84 Å². The van der Waals surface area contributed by atoms with Crippen molar-refractivity contribution in [2.24, 2.45) is 4.99 Å². The monoisotopic (exact) mass is 389 g/mol. The fourth-order valence-corrected chi connectivity index (χ4v) is 2.77. The molecule has 0 aliphatic rings. The molecule has 0 radical (unpaired) electrons. The Bertz CT molecular complexity index is 585. The molecule has 1 aromatic carbocycles. The molecule has 0 saturated heterocycles. The Morgan fingerprint density at radius 1 is 1.27 bits per heavy atom. The second-order valence-corrected chi connectivity index (χ2v) is 8.34. The molecule has 124 valence electrons. The molecule has 1 N–H and O–H groups in total. The number of aliphatic imine (C=N–C) groups is 1. The predicted octanol–water partition coefficient (Wildman–Crippen LogP) is 2.28. The number of nitrogens with zero attached hydrogens (tertiary/aromatic N) is 2. The van der Waals surface area contributed by atoms with Gasteiger partial charge in [0, 0.05) is 30.4 Å². The Morgan fingerprint density at radius 2 is 1.91 bits per heavy atom. The maximum Gasteiger partial charge on any atom is 0.193 e. The fourth-order valence-electron chi connectivity index (χ4n) is 1.84. The van der Waals surface area contributed by atoms with Crippen LogP contribution in [0.25, 0.3) is 0 Å². The summed E-state index contributed by atoms with van der Waals surface area (Å²) in [7, 11) is -1.04. The molecule has 0 heterocycles. The van der Waals surface area contributed by atoms with Gasteiger partial charge < -0.3 is 10.2 Å². The average molecular weight is 390 g/mol. The molecular weight excluding hydrogens is 366 g/mol. The number of benzene rings is 1. The van der Waals surface area contributed by atoms with Gasteiger partial charge in [0.2, 0.25) is 0 Å². The van der Waals surface area contributed by atoms with E-state index in [-0.39, 0.29) is 18.1 Å². The maximum atomic E-state index is 11.5. The molecule has 0 aliphatic heterocycles. The topological polar surface area (TPSA) is 61.8 Å². The molecule has 0 saturated carbocycles. The van der Waals surface area contributed by atoms with E-state index in [4.69, 9.17) is 0 Å². The number of hydrogen-bond acceptors (Lipinski definition) is 3. The molecule has 0 unspecified atom stereocenters. The molecule has 5 nitrogen and oxygen atoms in total. The van der Waals surface area contributed by atoms with Crippen molar-refractivity contribution in [1.29, 1.82) is 0 Å². The quantitative estimate of drug-likeness (QED) is 0.573. The van der Waals surface area contributed by atoms with Crippen LogP contribution in [-0.4, -0.2) is 50.9 Å². The lowest BCUT2D eigenvalue weighted by molar-refractivity contribution is 0.477. The van der Waals surface area contributed by atoms with Crippen LogP contribution >= 0.6 is 15.9 Å². The highest BCUT2D eigenvalue weighted by atomic mass is 79.9. The van der Waals surface area contributed by atoms with Crippen LogP contribution in [0.2, 0.25) is 0 Å². The van der Waals surface area contributed by atoms with E-state index in [9.17, 15) is 8.42 Å². The van der Waals surface area contributed by atoms with E-state index in [1.54, 1.807) is 6.92 Å². The molecule has 0 aromatic heterocycles. The number of sulfone groups is 1. The molecule has 22 heavy (non-hydrogen) atoms. The van der Waals surface area contributed by atoms with Crippen molar-refractivity contribution >= 4 is 31.7 Å². The van der Waals surface area contributed by atoms with E-state index in [0.717, 1.165) is 22.5 Å².